The van der Waals surface area contributed by atoms with Gasteiger partial charge in [0, 0.05) is 24.5 Å². The summed E-state index contributed by atoms with van der Waals surface area (Å²) in [5.74, 6) is -0.619. The molecule has 0 aromatic heterocycles. The first kappa shape index (κ1) is 32.6. The van der Waals surface area contributed by atoms with E-state index in [2.05, 4.69) is 5.32 Å². The van der Waals surface area contributed by atoms with Crippen molar-refractivity contribution in [1.82, 2.24) is 10.2 Å². The number of amides is 2. The van der Waals surface area contributed by atoms with Gasteiger partial charge in [-0.15, -0.1) is 0 Å². The molecule has 0 radical (unpaired) electrons. The third-order valence-electron chi connectivity index (χ3n) is 7.03. The van der Waals surface area contributed by atoms with Gasteiger partial charge >= 0.3 is 0 Å². The SMILES string of the molecule is CCCNC(=O)C(Cc1ccccc1)N(Cc1cccc(Cl)c1)C(=O)CN(c1ccccc1OC)S(=O)(=O)c1ccccc1. The number of para-hydroxylation sites is 2. The van der Waals surface area contributed by atoms with Crippen molar-refractivity contribution in [2.24, 2.45) is 0 Å². The predicted octanol–water partition coefficient (Wildman–Crippen LogP) is 5.71. The van der Waals surface area contributed by atoms with E-state index in [1.54, 1.807) is 60.7 Å². The molecule has 230 valence electrons. The van der Waals surface area contributed by atoms with Crippen molar-refractivity contribution in [3.8, 4) is 5.75 Å². The third-order valence-corrected chi connectivity index (χ3v) is 9.04. The zero-order valence-corrected chi connectivity index (χ0v) is 26.3. The molecule has 1 N–H and O–H groups in total. The van der Waals surface area contributed by atoms with Crippen LogP contribution in [0.2, 0.25) is 5.02 Å². The molecule has 10 heteroatoms. The average molecular weight is 634 g/mol. The quantitative estimate of drug-likeness (QED) is 0.192. The second-order valence-corrected chi connectivity index (χ2v) is 12.4. The minimum atomic E-state index is -4.23. The molecule has 0 heterocycles. The monoisotopic (exact) mass is 633 g/mol. The summed E-state index contributed by atoms with van der Waals surface area (Å²) in [6.45, 7) is 1.83. The van der Waals surface area contributed by atoms with E-state index in [-0.39, 0.29) is 35.2 Å². The first-order valence-corrected chi connectivity index (χ1v) is 16.1. The van der Waals surface area contributed by atoms with Crippen molar-refractivity contribution < 1.29 is 22.7 Å². The maximum atomic E-state index is 14.5. The van der Waals surface area contributed by atoms with Gasteiger partial charge in [-0.1, -0.05) is 91.3 Å². The number of benzene rings is 4. The minimum absolute atomic E-state index is 0.0154. The number of hydrogen-bond acceptors (Lipinski definition) is 5. The fourth-order valence-corrected chi connectivity index (χ4v) is 6.48. The molecule has 2 amide bonds. The number of nitrogens with one attached hydrogen (secondary N) is 1. The minimum Gasteiger partial charge on any atom is -0.495 e. The second-order valence-electron chi connectivity index (χ2n) is 10.1. The Morgan fingerprint density at radius 3 is 2.16 bits per heavy atom. The summed E-state index contributed by atoms with van der Waals surface area (Å²) in [4.78, 5) is 29.6. The van der Waals surface area contributed by atoms with E-state index in [9.17, 15) is 18.0 Å². The summed E-state index contributed by atoms with van der Waals surface area (Å²) >= 11 is 6.29. The average Bonchev–Trinajstić information content (AvgIpc) is 3.04. The summed E-state index contributed by atoms with van der Waals surface area (Å²) in [7, 11) is -2.79. The van der Waals surface area contributed by atoms with Gasteiger partial charge in [0.2, 0.25) is 11.8 Å². The number of carbonyl (C=O) groups excluding carboxylic acids is 2. The van der Waals surface area contributed by atoms with Crippen molar-refractivity contribution in [3.63, 3.8) is 0 Å². The van der Waals surface area contributed by atoms with Gasteiger partial charge in [0.1, 0.15) is 18.3 Å². The molecular weight excluding hydrogens is 598 g/mol. The highest BCUT2D eigenvalue weighted by Crippen LogP contribution is 2.32. The van der Waals surface area contributed by atoms with Gasteiger partial charge in [-0.3, -0.25) is 13.9 Å². The Morgan fingerprint density at radius 1 is 0.864 bits per heavy atom. The number of ether oxygens (including phenoxy) is 1. The van der Waals surface area contributed by atoms with Crippen LogP contribution < -0.4 is 14.4 Å². The molecule has 0 aliphatic heterocycles. The second kappa shape index (κ2) is 15.4. The van der Waals surface area contributed by atoms with Crippen LogP contribution in [0.25, 0.3) is 0 Å². The summed E-state index contributed by atoms with van der Waals surface area (Å²) in [6, 6.07) is 30.0. The van der Waals surface area contributed by atoms with Crippen LogP contribution >= 0.6 is 11.6 Å². The molecule has 1 atom stereocenters. The van der Waals surface area contributed by atoms with Crippen LogP contribution in [-0.2, 0) is 32.6 Å². The lowest BCUT2D eigenvalue weighted by molar-refractivity contribution is -0.140. The fraction of sp³-hybridized carbons (Fsp3) is 0.235. The molecule has 0 aliphatic rings. The number of methoxy groups -OCH3 is 1. The number of halogens is 1. The highest BCUT2D eigenvalue weighted by atomic mass is 35.5. The maximum absolute atomic E-state index is 14.5. The topological polar surface area (TPSA) is 96.0 Å². The summed E-state index contributed by atoms with van der Waals surface area (Å²) < 4.78 is 34.7. The molecule has 4 rings (SSSR count). The predicted molar refractivity (Wildman–Crippen MR) is 173 cm³/mol. The van der Waals surface area contributed by atoms with Gasteiger partial charge in [0.25, 0.3) is 10.0 Å². The normalized spacial score (nSPS) is 11.8. The first-order valence-electron chi connectivity index (χ1n) is 14.3. The number of nitrogens with zero attached hydrogens (tertiary/aromatic N) is 2. The van der Waals surface area contributed by atoms with E-state index < -0.39 is 28.5 Å². The molecule has 4 aromatic carbocycles. The molecule has 0 bridgehead atoms. The van der Waals surface area contributed by atoms with E-state index in [4.69, 9.17) is 16.3 Å². The van der Waals surface area contributed by atoms with E-state index >= 15 is 0 Å². The molecule has 0 fully saturated rings. The van der Waals surface area contributed by atoms with Crippen LogP contribution in [0.3, 0.4) is 0 Å². The van der Waals surface area contributed by atoms with Crippen LogP contribution in [0.4, 0.5) is 5.69 Å². The molecule has 0 aliphatic carbocycles. The van der Waals surface area contributed by atoms with Crippen LogP contribution in [-0.4, -0.2) is 51.4 Å². The standard InChI is InChI=1S/C34H36ClN3O5S/c1-3-21-36-34(40)31(23-26-13-6-4-7-14-26)37(24-27-15-12-16-28(35)22-27)33(39)25-38(30-19-10-11-20-32(30)43-2)44(41,42)29-17-8-5-9-18-29/h4-20,22,31H,3,21,23-25H2,1-2H3,(H,36,40). The lowest BCUT2D eigenvalue weighted by Gasteiger charge is -2.34. The van der Waals surface area contributed by atoms with Gasteiger partial charge in [-0.2, -0.15) is 0 Å². The molecule has 44 heavy (non-hydrogen) atoms. The van der Waals surface area contributed by atoms with Crippen molar-refractivity contribution >= 4 is 39.1 Å². The Balaban J connectivity index is 1.82. The zero-order valence-electron chi connectivity index (χ0n) is 24.7. The summed E-state index contributed by atoms with van der Waals surface area (Å²) in [5, 5.41) is 3.41. The smallest absolute Gasteiger partial charge is 0.264 e. The highest BCUT2D eigenvalue weighted by molar-refractivity contribution is 7.92. The third kappa shape index (κ3) is 8.18. The van der Waals surface area contributed by atoms with Crippen LogP contribution in [0.5, 0.6) is 5.75 Å². The molecular formula is C34H36ClN3O5S. The number of hydrogen-bond donors (Lipinski definition) is 1. The van der Waals surface area contributed by atoms with Crippen molar-refractivity contribution in [2.75, 3.05) is 24.5 Å². The van der Waals surface area contributed by atoms with E-state index in [0.717, 1.165) is 9.87 Å². The van der Waals surface area contributed by atoms with Gasteiger partial charge < -0.3 is 15.0 Å². The Kier molecular flexibility index (Phi) is 11.4. The van der Waals surface area contributed by atoms with Crippen LogP contribution in [0.1, 0.15) is 24.5 Å². The van der Waals surface area contributed by atoms with Gasteiger partial charge in [-0.05, 0) is 53.9 Å². The highest BCUT2D eigenvalue weighted by Gasteiger charge is 2.35. The van der Waals surface area contributed by atoms with Crippen LogP contribution in [0.15, 0.2) is 114 Å². The van der Waals surface area contributed by atoms with Crippen molar-refractivity contribution in [2.45, 2.75) is 37.2 Å². The molecule has 4 aromatic rings. The van der Waals surface area contributed by atoms with Gasteiger partial charge in [0.15, 0.2) is 0 Å². The fourth-order valence-electron chi connectivity index (χ4n) is 4.82. The maximum Gasteiger partial charge on any atom is 0.264 e. The number of rotatable bonds is 14. The molecule has 8 nitrogen and oxygen atoms in total. The first-order chi connectivity index (χ1) is 21.2. The molecule has 0 saturated carbocycles. The number of carbonyl (C=O) groups is 2. The lowest BCUT2D eigenvalue weighted by Crippen LogP contribution is -2.53. The molecule has 0 spiro atoms. The molecule has 0 saturated heterocycles. The van der Waals surface area contributed by atoms with Crippen molar-refractivity contribution in [1.29, 1.82) is 0 Å². The Hall–Kier alpha value is -4.34. The zero-order chi connectivity index (χ0) is 31.5. The van der Waals surface area contributed by atoms with Gasteiger partial charge in [0.05, 0.1) is 17.7 Å². The lowest BCUT2D eigenvalue weighted by atomic mass is 10.0. The van der Waals surface area contributed by atoms with Gasteiger partial charge in [-0.25, -0.2) is 8.42 Å². The summed E-state index contributed by atoms with van der Waals surface area (Å²) in [6.07, 6.45) is 0.936. The molecule has 1 unspecified atom stereocenters. The Morgan fingerprint density at radius 2 is 1.50 bits per heavy atom. The van der Waals surface area contributed by atoms with E-state index in [0.29, 0.717) is 23.6 Å². The van der Waals surface area contributed by atoms with Crippen LogP contribution in [0, 0.1) is 0 Å². The van der Waals surface area contributed by atoms with Crippen molar-refractivity contribution in [3.05, 3.63) is 125 Å². The van der Waals surface area contributed by atoms with E-state index in [1.165, 1.54) is 24.1 Å². The Labute approximate surface area is 264 Å². The number of sulfonamides is 1. The number of anilines is 1. The Bertz CT molecular complexity index is 1650. The largest absolute Gasteiger partial charge is 0.495 e. The van der Waals surface area contributed by atoms with E-state index in [1.807, 2.05) is 43.3 Å². The summed E-state index contributed by atoms with van der Waals surface area (Å²) in [5.41, 5.74) is 1.75.